The Morgan fingerprint density at radius 3 is 2.77 bits per heavy atom. The third-order valence-corrected chi connectivity index (χ3v) is 5.20. The van der Waals surface area contributed by atoms with E-state index in [0.717, 1.165) is 23.0 Å². The molecule has 3 heterocycles. The number of methoxy groups -OCH3 is 1. The van der Waals surface area contributed by atoms with Crippen molar-refractivity contribution in [3.8, 4) is 22.8 Å². The van der Waals surface area contributed by atoms with Crippen molar-refractivity contribution in [2.45, 2.75) is 19.6 Å². The van der Waals surface area contributed by atoms with Crippen LogP contribution in [0.5, 0.6) is 5.75 Å². The van der Waals surface area contributed by atoms with E-state index in [-0.39, 0.29) is 5.56 Å². The summed E-state index contributed by atoms with van der Waals surface area (Å²) in [4.78, 5) is 8.87. The van der Waals surface area contributed by atoms with Gasteiger partial charge in [-0.3, -0.25) is 0 Å². The van der Waals surface area contributed by atoms with Gasteiger partial charge in [0.15, 0.2) is 11.6 Å². The van der Waals surface area contributed by atoms with Gasteiger partial charge in [0.2, 0.25) is 0 Å². The predicted molar refractivity (Wildman–Crippen MR) is 108 cm³/mol. The molecule has 2 aromatic heterocycles. The molecule has 0 amide bonds. The van der Waals surface area contributed by atoms with Crippen LogP contribution in [-0.2, 0) is 11.3 Å². The second-order valence-corrected chi connectivity index (χ2v) is 7.24. The maximum atomic E-state index is 14.4. The summed E-state index contributed by atoms with van der Waals surface area (Å²) in [6.45, 7) is 2.75. The molecule has 2 aromatic carbocycles. The highest BCUT2D eigenvalue weighted by atomic mass is 19.1. The Kier molecular flexibility index (Phi) is 4.74. The van der Waals surface area contributed by atoms with Gasteiger partial charge in [-0.1, -0.05) is 6.07 Å². The van der Waals surface area contributed by atoms with Crippen LogP contribution < -0.4 is 4.74 Å². The molecule has 0 saturated heterocycles. The maximum absolute atomic E-state index is 14.4. The number of nitrogens with zero attached hydrogens (tertiary/aromatic N) is 5. The quantitative estimate of drug-likeness (QED) is 0.499. The van der Waals surface area contributed by atoms with Crippen LogP contribution in [0.2, 0.25) is 0 Å². The molecule has 0 saturated carbocycles. The van der Waals surface area contributed by atoms with Crippen LogP contribution in [-0.4, -0.2) is 38.0 Å². The minimum Gasteiger partial charge on any atom is -0.495 e. The van der Waals surface area contributed by atoms with Crippen molar-refractivity contribution < 1.29 is 18.3 Å². The molecular weight excluding hydrogens is 404 g/mol. The van der Waals surface area contributed by atoms with Crippen LogP contribution in [0.25, 0.3) is 17.1 Å². The third-order valence-electron chi connectivity index (χ3n) is 5.20. The van der Waals surface area contributed by atoms with Crippen molar-refractivity contribution in [2.24, 2.45) is 0 Å². The Morgan fingerprint density at radius 2 is 2.03 bits per heavy atom. The molecule has 1 aliphatic rings. The summed E-state index contributed by atoms with van der Waals surface area (Å²) in [5.74, 6) is 0.268. The van der Waals surface area contributed by atoms with E-state index in [1.54, 1.807) is 18.1 Å². The summed E-state index contributed by atoms with van der Waals surface area (Å²) in [6, 6.07) is 9.08. The predicted octanol–water partition coefficient (Wildman–Crippen LogP) is 3.85. The van der Waals surface area contributed by atoms with E-state index in [1.807, 2.05) is 35.9 Å². The monoisotopic (exact) mass is 423 g/mol. The van der Waals surface area contributed by atoms with E-state index in [4.69, 9.17) is 9.47 Å². The largest absolute Gasteiger partial charge is 0.495 e. The maximum Gasteiger partial charge on any atom is 0.181 e. The van der Waals surface area contributed by atoms with Gasteiger partial charge in [-0.25, -0.2) is 23.4 Å². The van der Waals surface area contributed by atoms with E-state index >= 15 is 0 Å². The van der Waals surface area contributed by atoms with Crippen molar-refractivity contribution in [3.63, 3.8) is 0 Å². The standard InChI is InChI=1S/C22H19F2N5O2/c1-13-11-28(12-25-13)18-6-3-14(9-19(18)30-2)21-26-22-20(31-8-7-29(22)27-21)16-5-4-15(23)10-17(16)24/h3-6,9-12,20H,7-8H2,1-2H3. The smallest absolute Gasteiger partial charge is 0.181 e. The zero-order valence-corrected chi connectivity index (χ0v) is 16.9. The van der Waals surface area contributed by atoms with Gasteiger partial charge in [0.25, 0.3) is 0 Å². The molecule has 1 aliphatic heterocycles. The van der Waals surface area contributed by atoms with E-state index in [1.165, 1.54) is 12.1 Å². The van der Waals surface area contributed by atoms with Crippen molar-refractivity contribution >= 4 is 0 Å². The molecule has 31 heavy (non-hydrogen) atoms. The van der Waals surface area contributed by atoms with E-state index in [9.17, 15) is 8.78 Å². The highest BCUT2D eigenvalue weighted by molar-refractivity contribution is 5.63. The number of aromatic nitrogens is 5. The van der Waals surface area contributed by atoms with Crippen LogP contribution in [0.15, 0.2) is 48.9 Å². The van der Waals surface area contributed by atoms with Crippen LogP contribution in [0, 0.1) is 18.6 Å². The molecular formula is C22H19F2N5O2. The van der Waals surface area contributed by atoms with Crippen LogP contribution in [0.1, 0.15) is 23.2 Å². The number of rotatable bonds is 4. The number of fused-ring (bicyclic) bond motifs is 1. The van der Waals surface area contributed by atoms with Gasteiger partial charge in [0.05, 0.1) is 38.0 Å². The second-order valence-electron chi connectivity index (χ2n) is 7.24. The van der Waals surface area contributed by atoms with E-state index < -0.39 is 17.7 Å². The molecule has 0 aliphatic carbocycles. The van der Waals surface area contributed by atoms with Gasteiger partial charge in [0, 0.05) is 23.4 Å². The fourth-order valence-corrected chi connectivity index (χ4v) is 3.69. The van der Waals surface area contributed by atoms with Crippen molar-refractivity contribution in [1.29, 1.82) is 0 Å². The number of halogens is 2. The first kappa shape index (κ1) is 19.4. The van der Waals surface area contributed by atoms with Crippen molar-refractivity contribution in [1.82, 2.24) is 24.3 Å². The van der Waals surface area contributed by atoms with E-state index in [0.29, 0.717) is 30.5 Å². The molecule has 0 radical (unpaired) electrons. The van der Waals surface area contributed by atoms with Crippen LogP contribution in [0.3, 0.4) is 0 Å². The first-order valence-electron chi connectivity index (χ1n) is 9.74. The molecule has 0 bridgehead atoms. The molecule has 158 valence electrons. The highest BCUT2D eigenvalue weighted by Gasteiger charge is 2.29. The Bertz CT molecular complexity index is 1270. The first-order valence-corrected chi connectivity index (χ1v) is 9.74. The Hall–Kier alpha value is -3.59. The lowest BCUT2D eigenvalue weighted by Gasteiger charge is -2.23. The minimum absolute atomic E-state index is 0.227. The van der Waals surface area contributed by atoms with Crippen molar-refractivity contribution in [2.75, 3.05) is 13.7 Å². The summed E-state index contributed by atoms with van der Waals surface area (Å²) in [5.41, 5.74) is 2.71. The van der Waals surface area contributed by atoms with E-state index in [2.05, 4.69) is 15.1 Å². The van der Waals surface area contributed by atoms with Gasteiger partial charge in [0.1, 0.15) is 23.5 Å². The highest BCUT2D eigenvalue weighted by Crippen LogP contribution is 2.33. The molecule has 5 rings (SSSR count). The number of aryl methyl sites for hydroxylation is 1. The summed E-state index contributed by atoms with van der Waals surface area (Å²) >= 11 is 0. The van der Waals surface area contributed by atoms with Gasteiger partial charge in [-0.05, 0) is 31.2 Å². The summed E-state index contributed by atoms with van der Waals surface area (Å²) in [7, 11) is 1.60. The Morgan fingerprint density at radius 1 is 1.16 bits per heavy atom. The lowest BCUT2D eigenvalue weighted by Crippen LogP contribution is -2.24. The molecule has 1 atom stereocenters. The number of imidazole rings is 1. The fraction of sp³-hybridized carbons (Fsp3) is 0.227. The summed E-state index contributed by atoms with van der Waals surface area (Å²) < 4.78 is 42.6. The summed E-state index contributed by atoms with van der Waals surface area (Å²) in [5, 5.41) is 4.58. The topological polar surface area (TPSA) is 67.0 Å². The van der Waals surface area contributed by atoms with Gasteiger partial charge in [-0.2, -0.15) is 5.10 Å². The zero-order valence-electron chi connectivity index (χ0n) is 16.9. The Labute approximate surface area is 176 Å². The van der Waals surface area contributed by atoms with Crippen LogP contribution >= 0.6 is 0 Å². The zero-order chi connectivity index (χ0) is 21.5. The molecule has 0 spiro atoms. The normalized spacial score (nSPS) is 15.7. The lowest BCUT2D eigenvalue weighted by molar-refractivity contribution is 0.0368. The van der Waals surface area contributed by atoms with Gasteiger partial charge in [-0.15, -0.1) is 0 Å². The fourth-order valence-electron chi connectivity index (χ4n) is 3.69. The lowest BCUT2D eigenvalue weighted by atomic mass is 10.1. The Balaban J connectivity index is 1.53. The molecule has 0 N–H and O–H groups in total. The molecule has 9 heteroatoms. The average molecular weight is 423 g/mol. The number of hydrogen-bond acceptors (Lipinski definition) is 5. The number of ether oxygens (including phenoxy) is 2. The van der Waals surface area contributed by atoms with Crippen molar-refractivity contribution in [3.05, 3.63) is 77.6 Å². The SMILES string of the molecule is COc1cc(-c2nc3n(n2)CCOC3c2ccc(F)cc2F)ccc1-n1cnc(C)c1. The molecule has 7 nitrogen and oxygen atoms in total. The average Bonchev–Trinajstić information content (AvgIpc) is 3.39. The molecule has 4 aromatic rings. The van der Waals surface area contributed by atoms with Gasteiger partial charge >= 0.3 is 0 Å². The first-order chi connectivity index (χ1) is 15.0. The van der Waals surface area contributed by atoms with Crippen LogP contribution in [0.4, 0.5) is 8.78 Å². The minimum atomic E-state index is -0.759. The third kappa shape index (κ3) is 3.46. The number of benzene rings is 2. The molecule has 1 unspecified atom stereocenters. The van der Waals surface area contributed by atoms with Gasteiger partial charge < -0.3 is 14.0 Å². The summed E-state index contributed by atoms with van der Waals surface area (Å²) in [6.07, 6.45) is 2.87. The second kappa shape index (κ2) is 7.59. The number of hydrogen-bond donors (Lipinski definition) is 0. The molecule has 0 fully saturated rings.